The Morgan fingerprint density at radius 1 is 1.37 bits per heavy atom. The molecule has 0 aromatic heterocycles. The van der Waals surface area contributed by atoms with Gasteiger partial charge in [0.25, 0.3) is 0 Å². The second kappa shape index (κ2) is 7.27. The lowest BCUT2D eigenvalue weighted by molar-refractivity contribution is 0.289. The van der Waals surface area contributed by atoms with Crippen LogP contribution in [0, 0.1) is 5.82 Å². The molecular weight excluding hydrogens is 261 g/mol. The zero-order chi connectivity index (χ0) is 14.5. The van der Waals surface area contributed by atoms with Gasteiger partial charge in [-0.1, -0.05) is 13.0 Å². The van der Waals surface area contributed by atoms with Crippen LogP contribution in [0.2, 0.25) is 0 Å². The highest BCUT2D eigenvalue weighted by Crippen LogP contribution is 2.30. The van der Waals surface area contributed by atoms with Gasteiger partial charge in [0, 0.05) is 34.4 Å². The highest BCUT2D eigenvalue weighted by Gasteiger charge is 2.15. The average Bonchev–Trinajstić information content (AvgIpc) is 2.27. The molecule has 1 unspecified atom stereocenters. The minimum Gasteiger partial charge on any atom is -0.396 e. The second-order valence-electron chi connectivity index (χ2n) is 5.76. The molecule has 0 aliphatic heterocycles. The van der Waals surface area contributed by atoms with Crippen molar-refractivity contribution in [1.82, 2.24) is 5.32 Å². The quantitative estimate of drug-likeness (QED) is 0.784. The fourth-order valence-electron chi connectivity index (χ4n) is 1.63. The third-order valence-corrected chi connectivity index (χ3v) is 4.01. The van der Waals surface area contributed by atoms with E-state index in [1.807, 2.05) is 13.0 Å². The summed E-state index contributed by atoms with van der Waals surface area (Å²) in [6, 6.07) is 5.19. The van der Waals surface area contributed by atoms with Crippen molar-refractivity contribution < 1.29 is 9.50 Å². The normalized spacial score (nSPS) is 13.6. The smallest absolute Gasteiger partial charge is 0.128 e. The summed E-state index contributed by atoms with van der Waals surface area (Å²) in [5.74, 6) is -0.169. The van der Waals surface area contributed by atoms with E-state index in [-0.39, 0.29) is 23.2 Å². The van der Waals surface area contributed by atoms with Crippen LogP contribution in [0.5, 0.6) is 0 Å². The lowest BCUT2D eigenvalue weighted by atomic mass is 10.1. The lowest BCUT2D eigenvalue weighted by Crippen LogP contribution is -2.35. The molecule has 0 saturated carbocycles. The van der Waals surface area contributed by atoms with Gasteiger partial charge in [0.05, 0.1) is 0 Å². The Labute approximate surface area is 119 Å². The van der Waals surface area contributed by atoms with E-state index in [1.165, 1.54) is 6.07 Å². The highest BCUT2D eigenvalue weighted by molar-refractivity contribution is 8.00. The fraction of sp³-hybridized carbons (Fsp3) is 0.600. The molecule has 0 radical (unpaired) electrons. The zero-order valence-corrected chi connectivity index (χ0v) is 13.0. The van der Waals surface area contributed by atoms with E-state index in [4.69, 9.17) is 5.11 Å². The number of rotatable bonds is 6. The first-order valence-corrected chi connectivity index (χ1v) is 7.51. The van der Waals surface area contributed by atoms with E-state index in [9.17, 15) is 4.39 Å². The molecule has 0 amide bonds. The number of aliphatic hydroxyl groups is 1. The van der Waals surface area contributed by atoms with Crippen molar-refractivity contribution in [2.75, 3.05) is 6.61 Å². The van der Waals surface area contributed by atoms with Crippen LogP contribution in [0.3, 0.4) is 0 Å². The summed E-state index contributed by atoms with van der Waals surface area (Å²) >= 11 is 1.62. The maximum absolute atomic E-state index is 14.0. The molecule has 0 fully saturated rings. The van der Waals surface area contributed by atoms with Gasteiger partial charge < -0.3 is 10.4 Å². The molecule has 0 aliphatic rings. The van der Waals surface area contributed by atoms with E-state index in [1.54, 1.807) is 17.8 Å². The summed E-state index contributed by atoms with van der Waals surface area (Å²) in [7, 11) is 0. The Morgan fingerprint density at radius 3 is 2.63 bits per heavy atom. The molecule has 2 N–H and O–H groups in total. The Balaban J connectivity index is 2.83. The molecule has 0 aliphatic carbocycles. The van der Waals surface area contributed by atoms with Crippen molar-refractivity contribution in [2.45, 2.75) is 56.3 Å². The third kappa shape index (κ3) is 5.93. The molecule has 0 bridgehead atoms. The number of benzene rings is 1. The minimum atomic E-state index is -0.169. The molecule has 1 rings (SSSR count). The van der Waals surface area contributed by atoms with Gasteiger partial charge in [-0.3, -0.25) is 0 Å². The van der Waals surface area contributed by atoms with Gasteiger partial charge in [-0.2, -0.15) is 0 Å². The molecule has 1 atom stereocenters. The van der Waals surface area contributed by atoms with Crippen molar-refractivity contribution in [3.63, 3.8) is 0 Å². The standard InChI is InChI=1S/C15H24FNOS/c1-11(8-9-18)19-14-7-5-6-13(16)12(14)10-17-15(2,3)4/h5-7,11,17-18H,8-10H2,1-4H3. The Morgan fingerprint density at radius 2 is 2.05 bits per heavy atom. The molecule has 4 heteroatoms. The molecule has 0 heterocycles. The average molecular weight is 285 g/mol. The zero-order valence-electron chi connectivity index (χ0n) is 12.2. The molecule has 19 heavy (non-hydrogen) atoms. The molecule has 1 aromatic carbocycles. The molecule has 0 saturated heterocycles. The number of hydrogen-bond donors (Lipinski definition) is 2. The topological polar surface area (TPSA) is 32.3 Å². The monoisotopic (exact) mass is 285 g/mol. The first-order chi connectivity index (χ1) is 8.83. The van der Waals surface area contributed by atoms with Crippen LogP contribution >= 0.6 is 11.8 Å². The van der Waals surface area contributed by atoms with Crippen LogP contribution in [-0.4, -0.2) is 22.5 Å². The Kier molecular flexibility index (Phi) is 6.30. The third-order valence-electron chi connectivity index (χ3n) is 2.74. The van der Waals surface area contributed by atoms with Gasteiger partial charge in [-0.25, -0.2) is 4.39 Å². The molecule has 0 spiro atoms. The van der Waals surface area contributed by atoms with Crippen LogP contribution in [0.15, 0.2) is 23.1 Å². The van der Waals surface area contributed by atoms with Crippen LogP contribution in [0.4, 0.5) is 4.39 Å². The van der Waals surface area contributed by atoms with E-state index >= 15 is 0 Å². The summed E-state index contributed by atoms with van der Waals surface area (Å²) in [6.45, 7) is 8.93. The second-order valence-corrected chi connectivity index (χ2v) is 7.24. The number of halogens is 1. The number of hydrogen-bond acceptors (Lipinski definition) is 3. The first-order valence-electron chi connectivity index (χ1n) is 6.63. The molecule has 2 nitrogen and oxygen atoms in total. The summed E-state index contributed by atoms with van der Waals surface area (Å²) in [5.41, 5.74) is 0.674. The van der Waals surface area contributed by atoms with Crippen LogP contribution in [0.1, 0.15) is 39.7 Å². The van der Waals surface area contributed by atoms with E-state index in [2.05, 4.69) is 26.1 Å². The van der Waals surface area contributed by atoms with Crippen LogP contribution in [0.25, 0.3) is 0 Å². The minimum absolute atomic E-state index is 0.0407. The van der Waals surface area contributed by atoms with Crippen molar-refractivity contribution in [3.8, 4) is 0 Å². The van der Waals surface area contributed by atoms with E-state index in [0.717, 1.165) is 4.90 Å². The summed E-state index contributed by atoms with van der Waals surface area (Å²) < 4.78 is 14.0. The van der Waals surface area contributed by atoms with Crippen molar-refractivity contribution in [3.05, 3.63) is 29.6 Å². The fourth-order valence-corrected chi connectivity index (χ4v) is 2.76. The number of thioether (sulfide) groups is 1. The summed E-state index contributed by atoms with van der Waals surface area (Å²) in [5, 5.41) is 12.5. The maximum atomic E-state index is 14.0. The van der Waals surface area contributed by atoms with Gasteiger partial charge in [0.1, 0.15) is 5.82 Å². The summed E-state index contributed by atoms with van der Waals surface area (Å²) in [4.78, 5) is 0.956. The van der Waals surface area contributed by atoms with E-state index < -0.39 is 0 Å². The lowest BCUT2D eigenvalue weighted by Gasteiger charge is -2.22. The van der Waals surface area contributed by atoms with Crippen LogP contribution < -0.4 is 5.32 Å². The largest absolute Gasteiger partial charge is 0.396 e. The van der Waals surface area contributed by atoms with Crippen molar-refractivity contribution >= 4 is 11.8 Å². The Hall–Kier alpha value is -0.580. The van der Waals surface area contributed by atoms with Gasteiger partial charge in [-0.15, -0.1) is 11.8 Å². The predicted octanol–water partition coefficient (Wildman–Crippen LogP) is 3.58. The molecular formula is C15H24FNOS. The van der Waals surface area contributed by atoms with Gasteiger partial charge >= 0.3 is 0 Å². The highest BCUT2D eigenvalue weighted by atomic mass is 32.2. The number of aliphatic hydroxyl groups excluding tert-OH is 1. The maximum Gasteiger partial charge on any atom is 0.128 e. The summed E-state index contributed by atoms with van der Waals surface area (Å²) in [6.07, 6.45) is 0.716. The number of nitrogens with one attached hydrogen (secondary N) is 1. The SMILES string of the molecule is CC(CCO)Sc1cccc(F)c1CNC(C)(C)C. The van der Waals surface area contributed by atoms with Crippen LogP contribution in [-0.2, 0) is 6.54 Å². The molecule has 108 valence electrons. The van der Waals surface area contributed by atoms with Crippen molar-refractivity contribution in [1.29, 1.82) is 0 Å². The molecule has 1 aromatic rings. The van der Waals surface area contributed by atoms with Gasteiger partial charge in [-0.05, 0) is 39.3 Å². The van der Waals surface area contributed by atoms with Gasteiger partial charge in [0.15, 0.2) is 0 Å². The Bertz CT molecular complexity index is 404. The first kappa shape index (κ1) is 16.5. The van der Waals surface area contributed by atoms with E-state index in [0.29, 0.717) is 18.5 Å². The predicted molar refractivity (Wildman–Crippen MR) is 80.0 cm³/mol. The van der Waals surface area contributed by atoms with Crippen molar-refractivity contribution in [2.24, 2.45) is 0 Å². The van der Waals surface area contributed by atoms with Gasteiger partial charge in [0.2, 0.25) is 0 Å².